The molecule has 0 unspecified atom stereocenters. The number of ether oxygens (including phenoxy) is 1. The van der Waals surface area contributed by atoms with Crippen LogP contribution in [0.25, 0.3) is 5.69 Å². The molecule has 1 saturated carbocycles. The van der Waals surface area contributed by atoms with Crippen LogP contribution in [0.1, 0.15) is 54.8 Å². The molecule has 1 aromatic carbocycles. The average molecular weight is 678 g/mol. The minimum atomic E-state index is -1.06. The fourth-order valence-corrected chi connectivity index (χ4v) is 6.13. The predicted octanol–water partition coefficient (Wildman–Crippen LogP) is -0.0227. The number of amides is 5. The lowest BCUT2D eigenvalue weighted by Gasteiger charge is -2.35. The Morgan fingerprint density at radius 2 is 1.73 bits per heavy atom. The van der Waals surface area contributed by atoms with Gasteiger partial charge < -0.3 is 35.2 Å². The first-order valence-corrected chi connectivity index (χ1v) is 16.4. The van der Waals surface area contributed by atoms with E-state index in [1.165, 1.54) is 20.5 Å². The summed E-state index contributed by atoms with van der Waals surface area (Å²) < 4.78 is 7.35. The molecule has 4 heterocycles. The van der Waals surface area contributed by atoms with Gasteiger partial charge >= 0.3 is 6.09 Å². The Bertz CT molecular complexity index is 1640. The second-order valence-corrected chi connectivity index (χ2v) is 12.3. The molecule has 3 aliphatic rings. The van der Waals surface area contributed by atoms with E-state index < -0.39 is 24.1 Å². The van der Waals surface area contributed by atoms with Gasteiger partial charge in [-0.3, -0.25) is 19.2 Å². The molecular weight excluding hydrogens is 638 g/mol. The van der Waals surface area contributed by atoms with Crippen molar-refractivity contribution in [2.24, 2.45) is 0 Å². The molecule has 3 aromatic rings. The van der Waals surface area contributed by atoms with Crippen molar-refractivity contribution in [3.05, 3.63) is 47.9 Å². The second kappa shape index (κ2) is 15.1. The molecule has 5 amide bonds. The number of hydrogen-bond donors (Lipinski definition) is 4. The summed E-state index contributed by atoms with van der Waals surface area (Å²) in [5.41, 5.74) is 0.516. The smallest absolute Gasteiger partial charge is 0.407 e. The lowest BCUT2D eigenvalue weighted by molar-refractivity contribution is -0.140. The molecule has 6 rings (SSSR count). The minimum absolute atomic E-state index is 0.0571. The van der Waals surface area contributed by atoms with Crippen LogP contribution in [0, 0.1) is 0 Å². The molecule has 49 heavy (non-hydrogen) atoms. The molecule has 260 valence electrons. The Balaban J connectivity index is 1.16. The Morgan fingerprint density at radius 1 is 0.980 bits per heavy atom. The molecule has 2 saturated heterocycles. The zero-order valence-corrected chi connectivity index (χ0v) is 26.9. The van der Waals surface area contributed by atoms with Gasteiger partial charge in [0.2, 0.25) is 17.7 Å². The van der Waals surface area contributed by atoms with Gasteiger partial charge in [-0.1, -0.05) is 23.4 Å². The summed E-state index contributed by atoms with van der Waals surface area (Å²) in [6.07, 6.45) is 3.60. The van der Waals surface area contributed by atoms with Crippen LogP contribution < -0.4 is 15.4 Å². The first kappa shape index (κ1) is 33.4. The van der Waals surface area contributed by atoms with Crippen LogP contribution in [0.3, 0.4) is 0 Å². The molecule has 0 bridgehead atoms. The van der Waals surface area contributed by atoms with Gasteiger partial charge in [-0.15, -0.1) is 10.2 Å². The highest BCUT2D eigenvalue weighted by Crippen LogP contribution is 2.24. The highest BCUT2D eigenvalue weighted by atomic mass is 16.5. The SMILES string of the molecule is O=C(N[C@@H](CCc1nn[nH]n1)C(=O)N1CCN(C(=O)O)CC1)c1cc(OCC(=O)N2CCC[C@H]2C(=O)NC2CCC2)n(-c2ccccc2)n1. The summed E-state index contributed by atoms with van der Waals surface area (Å²) in [7, 11) is 0. The van der Waals surface area contributed by atoms with Gasteiger partial charge in [0, 0.05) is 51.3 Å². The number of carbonyl (C=O) groups is 5. The number of aryl methyl sites for hydroxylation is 1. The number of nitrogens with one attached hydrogen (secondary N) is 3. The van der Waals surface area contributed by atoms with Crippen LogP contribution in [0.4, 0.5) is 4.79 Å². The van der Waals surface area contributed by atoms with Crippen molar-refractivity contribution in [1.82, 2.24) is 55.7 Å². The molecule has 3 fully saturated rings. The molecule has 18 heteroatoms. The second-order valence-electron chi connectivity index (χ2n) is 12.3. The molecule has 4 N–H and O–H groups in total. The molecule has 18 nitrogen and oxygen atoms in total. The molecule has 0 radical (unpaired) electrons. The van der Waals surface area contributed by atoms with E-state index in [-0.39, 0.29) is 81.0 Å². The number of rotatable bonds is 12. The summed E-state index contributed by atoms with van der Waals surface area (Å²) in [5, 5.41) is 33.3. The quantitative estimate of drug-likeness (QED) is 0.199. The maximum absolute atomic E-state index is 13.7. The fourth-order valence-electron chi connectivity index (χ4n) is 6.13. The lowest BCUT2D eigenvalue weighted by atomic mass is 9.93. The van der Waals surface area contributed by atoms with E-state index >= 15 is 0 Å². The number of aromatic nitrogens is 6. The number of nitrogens with zero attached hydrogens (tertiary/aromatic N) is 8. The van der Waals surface area contributed by atoms with Crippen molar-refractivity contribution in [3.63, 3.8) is 0 Å². The standard InChI is InChI=1S/C31H39N11O7/c43-26(41-13-5-10-24(41)29(45)32-20-6-4-7-20)19-49-27-18-23(36-42(27)21-8-2-1-3-9-21)28(44)33-22(11-12-25-34-37-38-35-25)30(46)39-14-16-40(17-15-39)31(47)48/h1-3,8-9,18,20,22,24H,4-7,10-17,19H2,(H,32,45)(H,33,44)(H,47,48)(H,34,35,37,38)/t22-,24-/m0/s1. The van der Waals surface area contributed by atoms with Gasteiger partial charge in [0.1, 0.15) is 12.1 Å². The van der Waals surface area contributed by atoms with E-state index in [1.54, 1.807) is 29.2 Å². The minimum Gasteiger partial charge on any atom is -0.467 e. The highest BCUT2D eigenvalue weighted by Gasteiger charge is 2.36. The molecule has 2 aromatic heterocycles. The molecular formula is C31H39N11O7. The number of benzene rings is 1. The molecule has 2 aliphatic heterocycles. The Kier molecular flexibility index (Phi) is 10.3. The number of tetrazole rings is 1. The van der Waals surface area contributed by atoms with E-state index in [0.29, 0.717) is 30.9 Å². The third-order valence-electron chi connectivity index (χ3n) is 9.09. The summed E-state index contributed by atoms with van der Waals surface area (Å²) in [6, 6.07) is 8.94. The largest absolute Gasteiger partial charge is 0.467 e. The zero-order chi connectivity index (χ0) is 34.3. The Hall–Kier alpha value is -5.55. The van der Waals surface area contributed by atoms with Crippen molar-refractivity contribution in [2.75, 3.05) is 39.3 Å². The Morgan fingerprint density at radius 3 is 2.41 bits per heavy atom. The third-order valence-corrected chi connectivity index (χ3v) is 9.09. The maximum atomic E-state index is 13.7. The number of aromatic amines is 1. The summed E-state index contributed by atoms with van der Waals surface area (Å²) in [5.74, 6) is -1.05. The van der Waals surface area contributed by atoms with Crippen LogP contribution >= 0.6 is 0 Å². The number of piperazine rings is 1. The van der Waals surface area contributed by atoms with Crippen molar-refractivity contribution < 1.29 is 33.8 Å². The Labute approximate surface area is 281 Å². The number of carboxylic acid groups (broad SMARTS) is 1. The number of carbonyl (C=O) groups excluding carboxylic acids is 4. The topological polar surface area (TPSA) is 221 Å². The number of para-hydroxylation sites is 1. The van der Waals surface area contributed by atoms with Crippen LogP contribution in [0.15, 0.2) is 36.4 Å². The van der Waals surface area contributed by atoms with Crippen molar-refractivity contribution in [2.45, 2.75) is 63.1 Å². The predicted molar refractivity (Wildman–Crippen MR) is 170 cm³/mol. The molecule has 2 atom stereocenters. The number of likely N-dealkylation sites (tertiary alicyclic amines) is 1. The van der Waals surface area contributed by atoms with Gasteiger partial charge in [0.15, 0.2) is 18.1 Å². The summed E-state index contributed by atoms with van der Waals surface area (Å²) >= 11 is 0. The first-order chi connectivity index (χ1) is 23.8. The molecule has 0 spiro atoms. The van der Waals surface area contributed by atoms with Crippen molar-refractivity contribution in [3.8, 4) is 11.6 Å². The summed E-state index contributed by atoms with van der Waals surface area (Å²) in [6.45, 7) is 0.721. The van der Waals surface area contributed by atoms with Gasteiger partial charge in [0.25, 0.3) is 11.8 Å². The summed E-state index contributed by atoms with van der Waals surface area (Å²) in [4.78, 5) is 69.1. The van der Waals surface area contributed by atoms with Crippen LogP contribution in [-0.4, -0.2) is 137 Å². The third kappa shape index (κ3) is 7.95. The monoisotopic (exact) mass is 677 g/mol. The van der Waals surface area contributed by atoms with E-state index in [1.807, 2.05) is 6.07 Å². The highest BCUT2D eigenvalue weighted by molar-refractivity contribution is 5.96. The first-order valence-electron chi connectivity index (χ1n) is 16.4. The van der Waals surface area contributed by atoms with E-state index in [9.17, 15) is 29.1 Å². The van der Waals surface area contributed by atoms with Crippen molar-refractivity contribution >= 4 is 29.7 Å². The van der Waals surface area contributed by atoms with Gasteiger partial charge in [-0.2, -0.15) is 10.3 Å². The zero-order valence-electron chi connectivity index (χ0n) is 26.9. The van der Waals surface area contributed by atoms with Crippen LogP contribution in [-0.2, 0) is 20.8 Å². The van der Waals surface area contributed by atoms with E-state index in [2.05, 4.69) is 36.4 Å². The normalized spacial score (nSPS) is 18.4. The number of H-pyrrole nitrogens is 1. The molecule has 1 aliphatic carbocycles. The lowest BCUT2D eigenvalue weighted by Crippen LogP contribution is -2.55. The van der Waals surface area contributed by atoms with Crippen LogP contribution in [0.5, 0.6) is 5.88 Å². The van der Waals surface area contributed by atoms with E-state index in [4.69, 9.17) is 4.74 Å². The van der Waals surface area contributed by atoms with Gasteiger partial charge in [0.05, 0.1) is 5.69 Å². The maximum Gasteiger partial charge on any atom is 0.407 e. The average Bonchev–Trinajstić information content (AvgIpc) is 3.89. The van der Waals surface area contributed by atoms with E-state index in [0.717, 1.165) is 19.3 Å². The fraction of sp³-hybridized carbons (Fsp3) is 0.516. The number of hydrogen-bond acceptors (Lipinski definition) is 10. The van der Waals surface area contributed by atoms with Gasteiger partial charge in [-0.05, 0) is 50.7 Å². The van der Waals surface area contributed by atoms with Crippen molar-refractivity contribution in [1.29, 1.82) is 0 Å². The van der Waals surface area contributed by atoms with Gasteiger partial charge in [-0.25, -0.2) is 9.48 Å². The van der Waals surface area contributed by atoms with Crippen LogP contribution in [0.2, 0.25) is 0 Å².